The average molecular weight is 200 g/mol. The fourth-order valence-electron chi connectivity index (χ4n) is 1.91. The molecule has 0 aliphatic heterocycles. The molecule has 0 fully saturated rings. The van der Waals surface area contributed by atoms with Crippen molar-refractivity contribution in [3.05, 3.63) is 48.2 Å². The first-order chi connectivity index (χ1) is 7.22. The van der Waals surface area contributed by atoms with Gasteiger partial charge >= 0.3 is 0 Å². The normalized spacial score (nSPS) is 10.8. The van der Waals surface area contributed by atoms with Crippen LogP contribution in [0.4, 0.5) is 0 Å². The molecule has 2 N–H and O–H groups in total. The number of hydrogen-bond donors (Lipinski definition) is 1. The predicted octanol–water partition coefficient (Wildman–Crippen LogP) is 2.68. The van der Waals surface area contributed by atoms with E-state index in [-0.39, 0.29) is 0 Å². The molecule has 0 amide bonds. The summed E-state index contributed by atoms with van der Waals surface area (Å²) in [6.07, 6.45) is 2.12. The topological polar surface area (TPSA) is 30.9 Å². The number of rotatable bonds is 3. The highest BCUT2D eigenvalue weighted by atomic mass is 15.0. The number of nitrogens with two attached hydrogens (primary N) is 1. The first kappa shape index (κ1) is 9.99. The Labute approximate surface area is 90.0 Å². The van der Waals surface area contributed by atoms with Crippen LogP contribution in [0.25, 0.3) is 10.9 Å². The molecule has 78 valence electrons. The van der Waals surface area contributed by atoms with E-state index in [0.717, 1.165) is 12.1 Å². The van der Waals surface area contributed by atoms with E-state index < -0.39 is 0 Å². The van der Waals surface area contributed by atoms with Crippen LogP contribution in [-0.4, -0.2) is 4.57 Å². The number of fused-ring (bicyclic) bond motifs is 1. The molecule has 0 radical (unpaired) electrons. The second-order valence-electron chi connectivity index (χ2n) is 3.96. The summed E-state index contributed by atoms with van der Waals surface area (Å²) in [5.41, 5.74) is 9.31. The number of allylic oxidation sites excluding steroid dienone is 1. The summed E-state index contributed by atoms with van der Waals surface area (Å²) in [6, 6.07) is 8.34. The summed E-state index contributed by atoms with van der Waals surface area (Å²) in [7, 11) is 0. The van der Waals surface area contributed by atoms with Gasteiger partial charge in [-0.2, -0.15) is 0 Å². The van der Waals surface area contributed by atoms with E-state index in [0.29, 0.717) is 6.54 Å². The highest BCUT2D eigenvalue weighted by Gasteiger charge is 2.05. The summed E-state index contributed by atoms with van der Waals surface area (Å²) in [5.74, 6) is 0. The van der Waals surface area contributed by atoms with Crippen molar-refractivity contribution in [2.75, 3.05) is 0 Å². The van der Waals surface area contributed by atoms with Crippen LogP contribution in [-0.2, 0) is 13.1 Å². The van der Waals surface area contributed by atoms with Gasteiger partial charge in [-0.15, -0.1) is 0 Å². The summed E-state index contributed by atoms with van der Waals surface area (Å²) in [5, 5.41) is 1.25. The van der Waals surface area contributed by atoms with Crippen LogP contribution in [0.1, 0.15) is 12.5 Å². The van der Waals surface area contributed by atoms with Gasteiger partial charge in [-0.1, -0.05) is 30.4 Å². The third-order valence-electron chi connectivity index (χ3n) is 2.53. The maximum atomic E-state index is 5.72. The molecule has 0 unspecified atom stereocenters. The average Bonchev–Trinajstić information content (AvgIpc) is 2.56. The van der Waals surface area contributed by atoms with Gasteiger partial charge < -0.3 is 10.3 Å². The molecule has 0 spiro atoms. The molecule has 2 rings (SSSR count). The van der Waals surface area contributed by atoms with Gasteiger partial charge in [0.15, 0.2) is 0 Å². The molecular weight excluding hydrogens is 184 g/mol. The monoisotopic (exact) mass is 200 g/mol. The second kappa shape index (κ2) is 3.91. The SMILES string of the molecule is C=C(C)Cn1cc(CN)c2ccccc21. The number of aromatic nitrogens is 1. The highest BCUT2D eigenvalue weighted by Crippen LogP contribution is 2.21. The van der Waals surface area contributed by atoms with Crippen molar-refractivity contribution in [2.45, 2.75) is 20.0 Å². The quantitative estimate of drug-likeness (QED) is 0.759. The van der Waals surface area contributed by atoms with Gasteiger partial charge in [0.1, 0.15) is 0 Å². The lowest BCUT2D eigenvalue weighted by Crippen LogP contribution is -1.97. The molecule has 0 saturated carbocycles. The Bertz CT molecular complexity index is 494. The first-order valence-corrected chi connectivity index (χ1v) is 5.13. The molecular formula is C13H16N2. The van der Waals surface area contributed by atoms with E-state index in [9.17, 15) is 0 Å². The number of hydrogen-bond acceptors (Lipinski definition) is 1. The van der Waals surface area contributed by atoms with Gasteiger partial charge in [-0.3, -0.25) is 0 Å². The fraction of sp³-hybridized carbons (Fsp3) is 0.231. The molecule has 2 aromatic rings. The smallest absolute Gasteiger partial charge is 0.0486 e. The maximum Gasteiger partial charge on any atom is 0.0486 e. The molecule has 2 heteroatoms. The Morgan fingerprint density at radius 1 is 1.40 bits per heavy atom. The molecule has 0 aliphatic rings. The van der Waals surface area contributed by atoms with Crippen molar-refractivity contribution in [3.63, 3.8) is 0 Å². The van der Waals surface area contributed by atoms with Crippen LogP contribution in [0.15, 0.2) is 42.6 Å². The van der Waals surface area contributed by atoms with E-state index in [1.165, 1.54) is 16.5 Å². The van der Waals surface area contributed by atoms with Crippen molar-refractivity contribution in [2.24, 2.45) is 5.73 Å². The molecule has 0 bridgehead atoms. The van der Waals surface area contributed by atoms with Gasteiger partial charge in [-0.25, -0.2) is 0 Å². The van der Waals surface area contributed by atoms with E-state index in [1.807, 2.05) is 13.0 Å². The molecule has 15 heavy (non-hydrogen) atoms. The van der Waals surface area contributed by atoms with Crippen molar-refractivity contribution < 1.29 is 0 Å². The third kappa shape index (κ3) is 1.81. The second-order valence-corrected chi connectivity index (χ2v) is 3.96. The summed E-state index contributed by atoms with van der Waals surface area (Å²) < 4.78 is 2.21. The minimum Gasteiger partial charge on any atom is -0.343 e. The van der Waals surface area contributed by atoms with Crippen LogP contribution < -0.4 is 5.73 Å². The van der Waals surface area contributed by atoms with Gasteiger partial charge in [0.05, 0.1) is 0 Å². The van der Waals surface area contributed by atoms with Crippen LogP contribution in [0, 0.1) is 0 Å². The molecule has 0 atom stereocenters. The largest absolute Gasteiger partial charge is 0.343 e. The number of nitrogens with zero attached hydrogens (tertiary/aromatic N) is 1. The zero-order valence-corrected chi connectivity index (χ0v) is 9.03. The summed E-state index contributed by atoms with van der Waals surface area (Å²) in [6.45, 7) is 7.43. The molecule has 1 aromatic heterocycles. The van der Waals surface area contributed by atoms with E-state index in [2.05, 4.69) is 35.5 Å². The van der Waals surface area contributed by atoms with Crippen LogP contribution in [0.5, 0.6) is 0 Å². The van der Waals surface area contributed by atoms with Crippen molar-refractivity contribution in [1.29, 1.82) is 0 Å². The van der Waals surface area contributed by atoms with Crippen molar-refractivity contribution >= 4 is 10.9 Å². The van der Waals surface area contributed by atoms with E-state index in [1.54, 1.807) is 0 Å². The number of benzene rings is 1. The molecule has 2 nitrogen and oxygen atoms in total. The Morgan fingerprint density at radius 2 is 2.13 bits per heavy atom. The van der Waals surface area contributed by atoms with Crippen LogP contribution in [0.3, 0.4) is 0 Å². The van der Waals surface area contributed by atoms with E-state index in [4.69, 9.17) is 5.73 Å². The fourth-order valence-corrected chi connectivity index (χ4v) is 1.91. The lowest BCUT2D eigenvalue weighted by Gasteiger charge is -2.03. The Kier molecular flexibility index (Phi) is 2.60. The Hall–Kier alpha value is -1.54. The molecule has 0 saturated heterocycles. The lowest BCUT2D eigenvalue weighted by atomic mass is 10.2. The zero-order valence-electron chi connectivity index (χ0n) is 9.03. The Morgan fingerprint density at radius 3 is 2.80 bits per heavy atom. The third-order valence-corrected chi connectivity index (χ3v) is 2.53. The van der Waals surface area contributed by atoms with Crippen LogP contribution in [0.2, 0.25) is 0 Å². The molecule has 1 heterocycles. The Balaban J connectivity index is 2.59. The summed E-state index contributed by atoms with van der Waals surface area (Å²) >= 11 is 0. The lowest BCUT2D eigenvalue weighted by molar-refractivity contribution is 0.816. The van der Waals surface area contributed by atoms with Gasteiger partial charge in [-0.05, 0) is 18.6 Å². The van der Waals surface area contributed by atoms with Gasteiger partial charge in [0, 0.05) is 30.2 Å². The molecule has 0 aliphatic carbocycles. The van der Waals surface area contributed by atoms with E-state index >= 15 is 0 Å². The van der Waals surface area contributed by atoms with Crippen molar-refractivity contribution in [3.8, 4) is 0 Å². The minimum atomic E-state index is 0.587. The van der Waals surface area contributed by atoms with Crippen LogP contribution >= 0.6 is 0 Å². The molecule has 1 aromatic carbocycles. The highest BCUT2D eigenvalue weighted by molar-refractivity contribution is 5.84. The van der Waals surface area contributed by atoms with Crippen molar-refractivity contribution in [1.82, 2.24) is 4.57 Å². The zero-order chi connectivity index (χ0) is 10.8. The first-order valence-electron chi connectivity index (χ1n) is 5.13. The van der Waals surface area contributed by atoms with Gasteiger partial charge in [0.25, 0.3) is 0 Å². The van der Waals surface area contributed by atoms with Gasteiger partial charge in [0.2, 0.25) is 0 Å². The maximum absolute atomic E-state index is 5.72. The standard InChI is InChI=1S/C13H16N2/c1-10(2)8-15-9-11(7-14)12-5-3-4-6-13(12)15/h3-6,9H,1,7-8,14H2,2H3. The minimum absolute atomic E-state index is 0.587. The predicted molar refractivity (Wildman–Crippen MR) is 64.6 cm³/mol. The summed E-state index contributed by atoms with van der Waals surface area (Å²) in [4.78, 5) is 0. The number of para-hydroxylation sites is 1.